The van der Waals surface area contributed by atoms with Gasteiger partial charge in [0.05, 0.1) is 22.6 Å². The number of benzene rings is 3. The Morgan fingerprint density at radius 3 is 2.70 bits per heavy atom. The molecule has 1 aromatic heterocycles. The number of hydrogen-bond donors (Lipinski definition) is 1. The first-order chi connectivity index (χ1) is 19.3. The summed E-state index contributed by atoms with van der Waals surface area (Å²) >= 11 is 20.0. The van der Waals surface area contributed by atoms with Crippen molar-refractivity contribution in [3.05, 3.63) is 97.1 Å². The molecule has 10 heteroatoms. The molecule has 0 saturated heterocycles. The maximum atomic E-state index is 13.1. The molecule has 0 spiro atoms. The number of unbranched alkanes of at least 4 members (excludes halogenated alkanes) is 2. The zero-order chi connectivity index (χ0) is 28.4. The standard InChI is InChI=1S/C30H23Cl3N2O4S/c1-2-3-4-10-37-18-7-5-6-16(11-18)25-20-9-8-19(14-23(20)39-29(35)21(25)15-34)38-30(36)28-27(33)26-22(32)12-17(31)13-24(26)40-28/h5-9,11-14,25H,2-4,10,35H2,1H3. The highest BCUT2D eigenvalue weighted by molar-refractivity contribution is 7.21. The number of nitrogens with two attached hydrogens (primary N) is 1. The quantitative estimate of drug-likeness (QED) is 0.121. The van der Waals surface area contributed by atoms with Crippen molar-refractivity contribution in [1.29, 1.82) is 5.26 Å². The topological polar surface area (TPSA) is 94.6 Å². The van der Waals surface area contributed by atoms with E-state index < -0.39 is 11.9 Å². The lowest BCUT2D eigenvalue weighted by Crippen LogP contribution is -2.21. The van der Waals surface area contributed by atoms with Gasteiger partial charge in [0.2, 0.25) is 5.88 Å². The summed E-state index contributed by atoms with van der Waals surface area (Å²) in [6, 6.07) is 18.0. The van der Waals surface area contributed by atoms with Crippen molar-refractivity contribution >= 4 is 62.2 Å². The van der Waals surface area contributed by atoms with Crippen molar-refractivity contribution in [2.45, 2.75) is 32.1 Å². The van der Waals surface area contributed by atoms with Gasteiger partial charge in [-0.05, 0) is 42.3 Å². The molecular weight excluding hydrogens is 591 g/mol. The maximum Gasteiger partial charge on any atom is 0.355 e. The number of thiophene rings is 1. The summed E-state index contributed by atoms with van der Waals surface area (Å²) in [6.07, 6.45) is 3.16. The van der Waals surface area contributed by atoms with Crippen molar-refractivity contribution in [1.82, 2.24) is 0 Å². The summed E-state index contributed by atoms with van der Waals surface area (Å²) in [6.45, 7) is 2.75. The average Bonchev–Trinajstić information content (AvgIpc) is 3.26. The van der Waals surface area contributed by atoms with Gasteiger partial charge >= 0.3 is 5.97 Å². The molecule has 1 aliphatic rings. The Hall–Kier alpha value is -3.41. The van der Waals surface area contributed by atoms with Gasteiger partial charge in [0, 0.05) is 26.7 Å². The molecule has 0 radical (unpaired) electrons. The highest BCUT2D eigenvalue weighted by Gasteiger charge is 2.31. The lowest BCUT2D eigenvalue weighted by molar-refractivity contribution is 0.0740. The van der Waals surface area contributed by atoms with Crippen LogP contribution >= 0.6 is 46.1 Å². The van der Waals surface area contributed by atoms with Gasteiger partial charge < -0.3 is 19.9 Å². The van der Waals surface area contributed by atoms with E-state index in [9.17, 15) is 10.1 Å². The van der Waals surface area contributed by atoms with E-state index in [1.54, 1.807) is 30.3 Å². The number of carbonyl (C=O) groups is 1. The third-order valence-corrected chi connectivity index (χ3v) is 8.57. The van der Waals surface area contributed by atoms with E-state index in [1.165, 1.54) is 0 Å². The van der Waals surface area contributed by atoms with Crippen molar-refractivity contribution in [2.24, 2.45) is 5.73 Å². The molecule has 0 saturated carbocycles. The van der Waals surface area contributed by atoms with Crippen LogP contribution in [-0.2, 0) is 0 Å². The second-order valence-corrected chi connectivity index (χ2v) is 11.4. The molecule has 0 fully saturated rings. The molecule has 1 atom stereocenters. The van der Waals surface area contributed by atoms with Crippen LogP contribution in [0.5, 0.6) is 17.2 Å². The highest BCUT2D eigenvalue weighted by atomic mass is 35.5. The number of halogens is 3. The van der Waals surface area contributed by atoms with Gasteiger partial charge in [-0.1, -0.05) is 72.8 Å². The zero-order valence-electron chi connectivity index (χ0n) is 21.3. The Bertz CT molecular complexity index is 1690. The molecule has 1 unspecified atom stereocenters. The summed E-state index contributed by atoms with van der Waals surface area (Å²) < 4.78 is 18.0. The average molecular weight is 614 g/mol. The molecule has 0 bridgehead atoms. The number of nitrogens with zero attached hydrogens (tertiary/aromatic N) is 1. The van der Waals surface area contributed by atoms with Gasteiger partial charge in [0.25, 0.3) is 0 Å². The lowest BCUT2D eigenvalue weighted by Gasteiger charge is -2.27. The highest BCUT2D eigenvalue weighted by Crippen LogP contribution is 2.45. The molecule has 4 aromatic rings. The predicted molar refractivity (Wildman–Crippen MR) is 159 cm³/mol. The van der Waals surface area contributed by atoms with Gasteiger partial charge in [-0.15, -0.1) is 11.3 Å². The van der Waals surface area contributed by atoms with Crippen LogP contribution in [0.3, 0.4) is 0 Å². The number of carbonyl (C=O) groups excluding carboxylic acids is 1. The normalized spacial score (nSPS) is 14.4. The molecular formula is C30H23Cl3N2O4S. The van der Waals surface area contributed by atoms with Crippen LogP contribution in [0.4, 0.5) is 0 Å². The summed E-state index contributed by atoms with van der Waals surface area (Å²) in [5.74, 6) is 0.155. The minimum atomic E-state index is -0.653. The Kier molecular flexibility index (Phi) is 8.43. The summed E-state index contributed by atoms with van der Waals surface area (Å²) in [7, 11) is 0. The minimum Gasteiger partial charge on any atom is -0.494 e. The largest absolute Gasteiger partial charge is 0.494 e. The first kappa shape index (κ1) is 28.1. The van der Waals surface area contributed by atoms with E-state index >= 15 is 0 Å². The van der Waals surface area contributed by atoms with Gasteiger partial charge in [-0.3, -0.25) is 0 Å². The van der Waals surface area contributed by atoms with Crippen molar-refractivity contribution in [3.63, 3.8) is 0 Å². The Labute approximate surface area is 250 Å². The molecule has 2 heterocycles. The Balaban J connectivity index is 1.43. The molecule has 2 N–H and O–H groups in total. The predicted octanol–water partition coefficient (Wildman–Crippen LogP) is 8.87. The molecule has 204 valence electrons. The number of esters is 1. The lowest BCUT2D eigenvalue weighted by atomic mass is 9.83. The Morgan fingerprint density at radius 1 is 1.10 bits per heavy atom. The van der Waals surface area contributed by atoms with Crippen molar-refractivity contribution in [2.75, 3.05) is 6.61 Å². The van der Waals surface area contributed by atoms with Crippen LogP contribution in [0.2, 0.25) is 15.1 Å². The van der Waals surface area contributed by atoms with Gasteiger partial charge in [0.15, 0.2) is 0 Å². The maximum absolute atomic E-state index is 13.1. The summed E-state index contributed by atoms with van der Waals surface area (Å²) in [5, 5.41) is 11.4. The first-order valence-electron chi connectivity index (χ1n) is 12.5. The van der Waals surface area contributed by atoms with Gasteiger partial charge in [-0.2, -0.15) is 5.26 Å². The van der Waals surface area contributed by atoms with Crippen LogP contribution in [0, 0.1) is 11.3 Å². The smallest absolute Gasteiger partial charge is 0.355 e. The second kappa shape index (κ2) is 12.0. The van der Waals surface area contributed by atoms with Crippen molar-refractivity contribution in [3.8, 4) is 23.3 Å². The number of allylic oxidation sites excluding steroid dienone is 1. The fourth-order valence-electron chi connectivity index (χ4n) is 4.56. The number of ether oxygens (including phenoxy) is 3. The zero-order valence-corrected chi connectivity index (χ0v) is 24.4. The molecule has 0 amide bonds. The third kappa shape index (κ3) is 5.59. The van der Waals surface area contributed by atoms with Gasteiger partial charge in [-0.25, -0.2) is 4.79 Å². The monoisotopic (exact) mass is 612 g/mol. The van der Waals surface area contributed by atoms with Crippen LogP contribution in [-0.4, -0.2) is 12.6 Å². The van der Waals surface area contributed by atoms with E-state index in [0.717, 1.165) is 36.2 Å². The second-order valence-electron chi connectivity index (χ2n) is 9.15. The molecule has 40 heavy (non-hydrogen) atoms. The number of nitriles is 1. The Morgan fingerprint density at radius 2 is 1.93 bits per heavy atom. The molecule has 0 aliphatic carbocycles. The fraction of sp³-hybridized carbons (Fsp3) is 0.200. The third-order valence-electron chi connectivity index (χ3n) is 6.44. The van der Waals surface area contributed by atoms with E-state index in [1.807, 2.05) is 24.3 Å². The van der Waals surface area contributed by atoms with Crippen molar-refractivity contribution < 1.29 is 19.0 Å². The summed E-state index contributed by atoms with van der Waals surface area (Å²) in [5.41, 5.74) is 7.99. The first-order valence-corrected chi connectivity index (χ1v) is 14.5. The van der Waals surface area contributed by atoms with E-state index in [-0.39, 0.29) is 27.1 Å². The van der Waals surface area contributed by atoms with E-state index in [4.69, 9.17) is 54.7 Å². The van der Waals surface area contributed by atoms with Crippen LogP contribution < -0.4 is 19.9 Å². The van der Waals surface area contributed by atoms with Crippen LogP contribution in [0.15, 0.2) is 66.1 Å². The summed E-state index contributed by atoms with van der Waals surface area (Å²) in [4.78, 5) is 13.3. The molecule has 3 aromatic carbocycles. The minimum absolute atomic E-state index is 0.0168. The number of hydrogen-bond acceptors (Lipinski definition) is 7. The fourth-order valence-corrected chi connectivity index (χ4v) is 6.81. The van der Waals surface area contributed by atoms with E-state index in [0.29, 0.717) is 43.8 Å². The van der Waals surface area contributed by atoms with Crippen LogP contribution in [0.25, 0.3) is 10.1 Å². The van der Waals surface area contributed by atoms with Crippen LogP contribution in [0.1, 0.15) is 52.9 Å². The van der Waals surface area contributed by atoms with E-state index in [2.05, 4.69) is 13.0 Å². The molecule has 1 aliphatic heterocycles. The molecule has 5 rings (SSSR count). The van der Waals surface area contributed by atoms with Gasteiger partial charge in [0.1, 0.15) is 33.8 Å². The number of rotatable bonds is 8. The SMILES string of the molecule is CCCCCOc1cccc(C2C(C#N)=C(N)Oc3cc(OC(=O)c4sc5cc(Cl)cc(Cl)c5c4Cl)ccc32)c1. The number of fused-ring (bicyclic) bond motifs is 2. The molecule has 6 nitrogen and oxygen atoms in total.